The number of thioether (sulfide) groups is 1. The number of nitrogens with one attached hydrogen (secondary N) is 2. The minimum Gasteiger partial charge on any atom is -0.317 e. The summed E-state index contributed by atoms with van der Waals surface area (Å²) in [7, 11) is 0. The van der Waals surface area contributed by atoms with Crippen LogP contribution < -0.4 is 10.6 Å². The first kappa shape index (κ1) is 10.8. The lowest BCUT2D eigenvalue weighted by Gasteiger charge is -2.21. The van der Waals surface area contributed by atoms with E-state index < -0.39 is 0 Å². The molecule has 0 bridgehead atoms. The zero-order valence-corrected chi connectivity index (χ0v) is 9.74. The number of rotatable bonds is 6. The lowest BCUT2D eigenvalue weighted by molar-refractivity contribution is 0.531. The Labute approximate surface area is 91.6 Å². The predicted molar refractivity (Wildman–Crippen MR) is 63.9 cm³/mol. The Bertz CT molecular complexity index is 153. The van der Waals surface area contributed by atoms with Crippen LogP contribution in [0, 0.1) is 5.92 Å². The van der Waals surface area contributed by atoms with Gasteiger partial charge in [0.05, 0.1) is 0 Å². The Kier molecular flexibility index (Phi) is 4.61. The minimum atomic E-state index is 0.930. The number of piperidine rings is 1. The van der Waals surface area contributed by atoms with Gasteiger partial charge >= 0.3 is 0 Å². The summed E-state index contributed by atoms with van der Waals surface area (Å²) < 4.78 is 0. The van der Waals surface area contributed by atoms with E-state index in [0.29, 0.717) is 0 Å². The molecule has 0 spiro atoms. The lowest BCUT2D eigenvalue weighted by atomic mass is 10.2. The summed E-state index contributed by atoms with van der Waals surface area (Å²) in [6, 6.07) is 0. The molecule has 2 fully saturated rings. The standard InChI is InChI=1S/C11H22N2S/c1-2-10(1)9-13-7-8-14-11-3-5-12-6-4-11/h10-13H,1-9H2. The molecule has 2 nitrogen and oxygen atoms in total. The Hall–Kier alpha value is 0.270. The summed E-state index contributed by atoms with van der Waals surface area (Å²) in [6.45, 7) is 4.94. The van der Waals surface area contributed by atoms with E-state index in [1.165, 1.54) is 57.6 Å². The van der Waals surface area contributed by atoms with Gasteiger partial charge in [-0.25, -0.2) is 0 Å². The molecule has 0 atom stereocenters. The molecule has 1 saturated carbocycles. The van der Waals surface area contributed by atoms with Crippen molar-refractivity contribution in [3.63, 3.8) is 0 Å². The number of hydrogen-bond acceptors (Lipinski definition) is 3. The topological polar surface area (TPSA) is 24.1 Å². The van der Waals surface area contributed by atoms with Crippen LogP contribution in [0.4, 0.5) is 0 Å². The zero-order chi connectivity index (χ0) is 9.64. The second kappa shape index (κ2) is 5.99. The van der Waals surface area contributed by atoms with Crippen LogP contribution in [0.15, 0.2) is 0 Å². The van der Waals surface area contributed by atoms with E-state index in [1.54, 1.807) is 0 Å². The average molecular weight is 214 g/mol. The fourth-order valence-corrected chi connectivity index (χ4v) is 3.05. The smallest absolute Gasteiger partial charge is 0.00716 e. The minimum absolute atomic E-state index is 0.930. The summed E-state index contributed by atoms with van der Waals surface area (Å²) in [5, 5.41) is 7.89. The molecule has 0 amide bonds. The highest BCUT2D eigenvalue weighted by atomic mass is 32.2. The number of hydrogen-bond donors (Lipinski definition) is 2. The summed E-state index contributed by atoms with van der Waals surface area (Å²) >= 11 is 2.17. The van der Waals surface area contributed by atoms with Crippen LogP contribution in [0.1, 0.15) is 25.7 Å². The van der Waals surface area contributed by atoms with Gasteiger partial charge in [-0.2, -0.15) is 11.8 Å². The van der Waals surface area contributed by atoms with E-state index in [0.717, 1.165) is 11.2 Å². The van der Waals surface area contributed by atoms with Gasteiger partial charge in [-0.3, -0.25) is 0 Å². The van der Waals surface area contributed by atoms with Crippen molar-refractivity contribution in [2.75, 3.05) is 31.9 Å². The van der Waals surface area contributed by atoms with Crippen molar-refractivity contribution < 1.29 is 0 Å². The molecular weight excluding hydrogens is 192 g/mol. The molecule has 2 N–H and O–H groups in total. The van der Waals surface area contributed by atoms with Crippen LogP contribution in [-0.2, 0) is 0 Å². The van der Waals surface area contributed by atoms with Crippen molar-refractivity contribution >= 4 is 11.8 Å². The summed E-state index contributed by atoms with van der Waals surface area (Å²) in [6.07, 6.45) is 5.67. The molecule has 2 rings (SSSR count). The highest BCUT2D eigenvalue weighted by Gasteiger charge is 2.20. The second-order valence-corrected chi connectivity index (χ2v) is 5.88. The van der Waals surface area contributed by atoms with E-state index in [9.17, 15) is 0 Å². The van der Waals surface area contributed by atoms with Gasteiger partial charge in [0.25, 0.3) is 0 Å². The molecule has 1 heterocycles. The van der Waals surface area contributed by atoms with Gasteiger partial charge in [0, 0.05) is 17.5 Å². The van der Waals surface area contributed by atoms with Crippen molar-refractivity contribution in [3.8, 4) is 0 Å². The van der Waals surface area contributed by atoms with Gasteiger partial charge in [-0.05, 0) is 51.2 Å². The molecule has 0 aromatic rings. The van der Waals surface area contributed by atoms with Gasteiger partial charge in [0.2, 0.25) is 0 Å². The normalized spacial score (nSPS) is 24.0. The van der Waals surface area contributed by atoms with Crippen molar-refractivity contribution in [3.05, 3.63) is 0 Å². The Morgan fingerprint density at radius 3 is 2.64 bits per heavy atom. The Balaban J connectivity index is 1.41. The predicted octanol–water partition coefficient (Wildman–Crippen LogP) is 1.47. The fourth-order valence-electron chi connectivity index (χ4n) is 1.89. The molecule has 0 aromatic carbocycles. The molecule has 0 radical (unpaired) electrons. The first-order chi connectivity index (χ1) is 6.95. The molecule has 1 aliphatic heterocycles. The van der Waals surface area contributed by atoms with E-state index in [4.69, 9.17) is 0 Å². The first-order valence-electron chi connectivity index (χ1n) is 5.98. The highest BCUT2D eigenvalue weighted by Crippen LogP contribution is 2.27. The zero-order valence-electron chi connectivity index (χ0n) is 8.93. The lowest BCUT2D eigenvalue weighted by Crippen LogP contribution is -2.30. The van der Waals surface area contributed by atoms with Crippen LogP contribution in [0.25, 0.3) is 0 Å². The summed E-state index contributed by atoms with van der Waals surface area (Å²) in [5.41, 5.74) is 0. The van der Waals surface area contributed by atoms with Crippen LogP contribution in [0.2, 0.25) is 0 Å². The van der Waals surface area contributed by atoms with E-state index in [2.05, 4.69) is 22.4 Å². The van der Waals surface area contributed by atoms with Gasteiger partial charge < -0.3 is 10.6 Å². The summed E-state index contributed by atoms with van der Waals surface area (Å²) in [4.78, 5) is 0. The maximum atomic E-state index is 3.55. The van der Waals surface area contributed by atoms with Crippen molar-refractivity contribution in [2.45, 2.75) is 30.9 Å². The average Bonchev–Trinajstić information content (AvgIpc) is 3.03. The first-order valence-corrected chi connectivity index (χ1v) is 7.03. The summed E-state index contributed by atoms with van der Waals surface area (Å²) in [5.74, 6) is 2.33. The largest absolute Gasteiger partial charge is 0.317 e. The van der Waals surface area contributed by atoms with Crippen molar-refractivity contribution in [2.24, 2.45) is 5.92 Å². The third-order valence-corrected chi connectivity index (χ3v) is 4.43. The van der Waals surface area contributed by atoms with Gasteiger partial charge in [0.1, 0.15) is 0 Å². The van der Waals surface area contributed by atoms with Gasteiger partial charge in [-0.15, -0.1) is 0 Å². The molecule has 2 aliphatic rings. The van der Waals surface area contributed by atoms with E-state index >= 15 is 0 Å². The highest BCUT2D eigenvalue weighted by molar-refractivity contribution is 7.99. The van der Waals surface area contributed by atoms with Crippen LogP contribution in [0.5, 0.6) is 0 Å². The molecule has 3 heteroatoms. The molecule has 14 heavy (non-hydrogen) atoms. The molecule has 0 unspecified atom stereocenters. The molecule has 0 aromatic heterocycles. The molecule has 82 valence electrons. The van der Waals surface area contributed by atoms with Crippen molar-refractivity contribution in [1.29, 1.82) is 0 Å². The second-order valence-electron chi connectivity index (χ2n) is 4.47. The maximum Gasteiger partial charge on any atom is 0.00716 e. The quantitative estimate of drug-likeness (QED) is 0.655. The van der Waals surface area contributed by atoms with E-state index in [1.807, 2.05) is 0 Å². The third-order valence-electron chi connectivity index (χ3n) is 3.05. The van der Waals surface area contributed by atoms with Crippen LogP contribution in [0.3, 0.4) is 0 Å². The monoisotopic (exact) mass is 214 g/mol. The van der Waals surface area contributed by atoms with Gasteiger partial charge in [-0.1, -0.05) is 0 Å². The molecule has 1 saturated heterocycles. The van der Waals surface area contributed by atoms with Crippen molar-refractivity contribution in [1.82, 2.24) is 10.6 Å². The van der Waals surface area contributed by atoms with E-state index in [-0.39, 0.29) is 0 Å². The maximum absolute atomic E-state index is 3.55. The third kappa shape index (κ3) is 4.20. The molecule has 1 aliphatic carbocycles. The van der Waals surface area contributed by atoms with Crippen LogP contribution >= 0.6 is 11.8 Å². The Morgan fingerprint density at radius 1 is 1.14 bits per heavy atom. The van der Waals surface area contributed by atoms with Gasteiger partial charge in [0.15, 0.2) is 0 Å². The van der Waals surface area contributed by atoms with Crippen LogP contribution in [-0.4, -0.2) is 37.2 Å². The Morgan fingerprint density at radius 2 is 1.93 bits per heavy atom. The molecular formula is C11H22N2S. The SMILES string of the molecule is C1CC(SCCNCC2CC2)CCN1. The fraction of sp³-hybridized carbons (Fsp3) is 1.00.